The summed E-state index contributed by atoms with van der Waals surface area (Å²) in [6, 6.07) is 12.6. The van der Waals surface area contributed by atoms with Crippen LogP contribution in [0.2, 0.25) is 0 Å². The fourth-order valence-corrected chi connectivity index (χ4v) is 2.79. The number of hydrogen-bond donors (Lipinski definition) is 0. The van der Waals surface area contributed by atoms with Crippen LogP contribution in [0.25, 0.3) is 11.1 Å². The summed E-state index contributed by atoms with van der Waals surface area (Å²) in [7, 11) is 1.25. The second kappa shape index (κ2) is 6.93. The molecule has 7 heteroatoms. The summed E-state index contributed by atoms with van der Waals surface area (Å²) < 4.78 is 18.9. The molecule has 5 nitrogen and oxygen atoms in total. The van der Waals surface area contributed by atoms with E-state index < -0.39 is 11.8 Å². The molecule has 25 heavy (non-hydrogen) atoms. The van der Waals surface area contributed by atoms with Crippen molar-refractivity contribution in [2.75, 3.05) is 7.11 Å². The maximum atomic E-state index is 13.2. The Balaban J connectivity index is 2.25. The quantitative estimate of drug-likeness (QED) is 0.448. The number of nitrogens with zero attached hydrogens (tertiary/aromatic N) is 3. The number of carbonyl (C=O) groups is 1. The standard InChI is InChI=1S/C18H11BrFN3O2/c1-25-18(24)15-14(10-2-6-12(19)7-3-10)17(23-21)22-16(15)11-4-8-13(20)9-5-11/h2-9H,1H3. The highest BCUT2D eigenvalue weighted by Crippen LogP contribution is 2.31. The molecular weight excluding hydrogens is 389 g/mol. The first-order valence-corrected chi connectivity index (χ1v) is 8.00. The number of aliphatic imine (C=N–C) groups is 1. The van der Waals surface area contributed by atoms with Crippen molar-refractivity contribution >= 4 is 39.0 Å². The van der Waals surface area contributed by atoms with Crippen molar-refractivity contribution in [3.63, 3.8) is 0 Å². The van der Waals surface area contributed by atoms with Gasteiger partial charge in [-0.05, 0) is 47.0 Å². The highest BCUT2D eigenvalue weighted by molar-refractivity contribution is 9.10. The van der Waals surface area contributed by atoms with Crippen LogP contribution in [0.15, 0.2) is 63.6 Å². The number of ether oxygens (including phenoxy) is 1. The minimum absolute atomic E-state index is 0.0120. The Hall–Kier alpha value is -2.89. The smallest absolute Gasteiger partial charge is 0.410 e. The lowest BCUT2D eigenvalue weighted by Crippen LogP contribution is -2.15. The minimum atomic E-state index is -0.625. The highest BCUT2D eigenvalue weighted by atomic mass is 79.9. The highest BCUT2D eigenvalue weighted by Gasteiger charge is 2.40. The zero-order valence-corrected chi connectivity index (χ0v) is 14.6. The number of hydrogen-bond acceptors (Lipinski definition) is 2. The minimum Gasteiger partial charge on any atom is -0.497 e. The van der Waals surface area contributed by atoms with Gasteiger partial charge in [0.05, 0.1) is 7.11 Å². The van der Waals surface area contributed by atoms with E-state index in [0.29, 0.717) is 16.7 Å². The number of amidine groups is 1. The predicted molar refractivity (Wildman–Crippen MR) is 94.6 cm³/mol. The van der Waals surface area contributed by atoms with Crippen LogP contribution in [0.5, 0.6) is 0 Å². The summed E-state index contributed by atoms with van der Waals surface area (Å²) in [5.74, 6) is -1.04. The van der Waals surface area contributed by atoms with Crippen molar-refractivity contribution in [1.29, 1.82) is 0 Å². The van der Waals surface area contributed by atoms with Gasteiger partial charge in [-0.1, -0.05) is 28.1 Å². The van der Waals surface area contributed by atoms with E-state index in [4.69, 9.17) is 4.74 Å². The largest absolute Gasteiger partial charge is 0.497 e. The third-order valence-corrected chi connectivity index (χ3v) is 4.19. The third kappa shape index (κ3) is 3.20. The molecule has 2 aromatic carbocycles. The lowest BCUT2D eigenvalue weighted by Gasteiger charge is -2.05. The van der Waals surface area contributed by atoms with E-state index >= 15 is 0 Å². The SMILES string of the molecule is COC(=O)C1=C(c2ccc(Br)cc2)C(=[N+]=[N-])N=C1c1ccc(F)cc1. The molecule has 0 aromatic heterocycles. The summed E-state index contributed by atoms with van der Waals surface area (Å²) >= 11 is 3.35. The molecule has 2 aromatic rings. The molecule has 0 amide bonds. The van der Waals surface area contributed by atoms with Gasteiger partial charge in [0.2, 0.25) is 0 Å². The molecule has 0 bridgehead atoms. The molecule has 0 unspecified atom stereocenters. The van der Waals surface area contributed by atoms with Gasteiger partial charge in [0, 0.05) is 10.0 Å². The second-order valence-electron chi connectivity index (χ2n) is 5.14. The van der Waals surface area contributed by atoms with Gasteiger partial charge < -0.3 is 15.1 Å². The van der Waals surface area contributed by atoms with Gasteiger partial charge >= 0.3 is 11.8 Å². The molecule has 0 N–H and O–H groups in total. The summed E-state index contributed by atoms with van der Waals surface area (Å²) in [5, 5.41) is 0. The van der Waals surface area contributed by atoms with Crippen molar-refractivity contribution in [2.45, 2.75) is 0 Å². The molecule has 1 heterocycles. The van der Waals surface area contributed by atoms with Crippen LogP contribution in [0.1, 0.15) is 11.1 Å². The molecule has 1 aliphatic rings. The zero-order chi connectivity index (χ0) is 18.0. The van der Waals surface area contributed by atoms with Crippen molar-refractivity contribution in [3.8, 4) is 0 Å². The Morgan fingerprint density at radius 2 is 1.72 bits per heavy atom. The van der Waals surface area contributed by atoms with Gasteiger partial charge in [-0.15, -0.1) is 0 Å². The molecule has 0 fully saturated rings. The summed E-state index contributed by atoms with van der Waals surface area (Å²) in [6.07, 6.45) is 0. The molecule has 0 atom stereocenters. The van der Waals surface area contributed by atoms with E-state index in [1.54, 1.807) is 24.3 Å². The second-order valence-corrected chi connectivity index (χ2v) is 6.06. The Morgan fingerprint density at radius 1 is 1.12 bits per heavy atom. The molecule has 0 radical (unpaired) electrons. The summed E-state index contributed by atoms with van der Waals surface area (Å²) in [5.41, 5.74) is 11.3. The monoisotopic (exact) mass is 399 g/mol. The zero-order valence-electron chi connectivity index (χ0n) is 13.0. The van der Waals surface area contributed by atoms with Gasteiger partial charge in [-0.3, -0.25) is 0 Å². The van der Waals surface area contributed by atoms with E-state index in [0.717, 1.165) is 4.47 Å². The van der Waals surface area contributed by atoms with E-state index in [2.05, 4.69) is 25.7 Å². The number of methoxy groups -OCH3 is 1. The first-order chi connectivity index (χ1) is 12.0. The normalized spacial score (nSPS) is 13.6. The van der Waals surface area contributed by atoms with Gasteiger partial charge in [0.1, 0.15) is 17.0 Å². The first kappa shape index (κ1) is 17.0. The fourth-order valence-electron chi connectivity index (χ4n) is 2.53. The first-order valence-electron chi connectivity index (χ1n) is 7.21. The van der Waals surface area contributed by atoms with Crippen molar-refractivity contribution < 1.29 is 18.7 Å². The van der Waals surface area contributed by atoms with Crippen molar-refractivity contribution in [3.05, 3.63) is 81.1 Å². The molecule has 124 valence electrons. The fraction of sp³-hybridized carbons (Fsp3) is 0.0556. The Bertz CT molecular complexity index is 957. The summed E-state index contributed by atoms with van der Waals surface area (Å²) in [6.45, 7) is 0. The number of esters is 1. The van der Waals surface area contributed by atoms with Crippen LogP contribution in [0, 0.1) is 5.82 Å². The summed E-state index contributed by atoms with van der Waals surface area (Å²) in [4.78, 5) is 19.8. The Morgan fingerprint density at radius 3 is 2.28 bits per heavy atom. The molecule has 0 saturated carbocycles. The van der Waals surface area contributed by atoms with Crippen molar-refractivity contribution in [1.82, 2.24) is 0 Å². The molecule has 1 aliphatic heterocycles. The Kier molecular flexibility index (Phi) is 4.70. The van der Waals surface area contributed by atoms with Crippen molar-refractivity contribution in [2.24, 2.45) is 4.99 Å². The average molecular weight is 400 g/mol. The van der Waals surface area contributed by atoms with Crippen LogP contribution < -0.4 is 0 Å². The van der Waals surface area contributed by atoms with Crippen LogP contribution >= 0.6 is 15.9 Å². The average Bonchev–Trinajstić information content (AvgIpc) is 3.02. The van der Waals surface area contributed by atoms with E-state index in [-0.39, 0.29) is 17.1 Å². The van der Waals surface area contributed by atoms with Crippen LogP contribution in [0.4, 0.5) is 4.39 Å². The molecule has 0 aliphatic carbocycles. The van der Waals surface area contributed by atoms with Crippen LogP contribution in [0.3, 0.4) is 0 Å². The van der Waals surface area contributed by atoms with Gasteiger partial charge in [0.25, 0.3) is 0 Å². The lowest BCUT2D eigenvalue weighted by atomic mass is 9.95. The van der Waals surface area contributed by atoms with Crippen LogP contribution in [-0.2, 0) is 9.53 Å². The number of carbonyl (C=O) groups excluding carboxylic acids is 1. The topological polar surface area (TPSA) is 75.1 Å². The van der Waals surface area contributed by atoms with E-state index in [1.165, 1.54) is 31.4 Å². The molecular formula is C18H11BrFN3O2. The molecule has 3 rings (SSSR count). The molecule has 0 saturated heterocycles. The molecule has 0 spiro atoms. The van der Waals surface area contributed by atoms with Gasteiger partial charge in [0.15, 0.2) is 5.71 Å². The number of rotatable bonds is 3. The predicted octanol–water partition coefficient (Wildman–Crippen LogP) is 3.65. The lowest BCUT2D eigenvalue weighted by molar-refractivity contribution is -0.135. The maximum Gasteiger partial charge on any atom is 0.410 e. The van der Waals surface area contributed by atoms with Gasteiger partial charge in [-0.2, -0.15) is 0 Å². The number of halogens is 2. The maximum absolute atomic E-state index is 13.2. The Labute approximate surface area is 151 Å². The number of benzene rings is 2. The third-order valence-electron chi connectivity index (χ3n) is 3.66. The van der Waals surface area contributed by atoms with E-state index in [1.807, 2.05) is 0 Å². The van der Waals surface area contributed by atoms with Gasteiger partial charge in [-0.25, -0.2) is 9.18 Å². The van der Waals surface area contributed by atoms with E-state index in [9.17, 15) is 14.7 Å². The van der Waals surface area contributed by atoms with Crippen LogP contribution in [-0.4, -0.2) is 29.4 Å².